The standard InChI is InChI=1S/C42H23N3O2/c1-2-10-25(11-3-1)39-28-13-4-7-15-31(28)43-42(44-39)45-32-16-8-5-12-26(32)27-20-21-30-38-35(47-41(30)40(27)45)23-19-24-18-22-34-37(36(24)38)29-14-6-9-17-33(29)46-34/h1-23H. The normalized spacial score (nSPS) is 12.3. The van der Waals surface area contributed by atoms with E-state index in [0.29, 0.717) is 5.95 Å². The number of aromatic nitrogens is 3. The average molecular weight is 602 g/mol. The van der Waals surface area contributed by atoms with Crippen molar-refractivity contribution in [3.63, 3.8) is 0 Å². The first-order chi connectivity index (χ1) is 23.3. The third kappa shape index (κ3) is 3.32. The summed E-state index contributed by atoms with van der Waals surface area (Å²) in [5.74, 6) is 0.606. The summed E-state index contributed by atoms with van der Waals surface area (Å²) in [6.07, 6.45) is 0. The molecule has 7 aromatic carbocycles. The number of hydrogen-bond acceptors (Lipinski definition) is 4. The maximum absolute atomic E-state index is 6.90. The van der Waals surface area contributed by atoms with Crippen LogP contribution in [0.5, 0.6) is 0 Å². The van der Waals surface area contributed by atoms with Gasteiger partial charge in [0.05, 0.1) is 16.7 Å². The van der Waals surface area contributed by atoms with Crippen LogP contribution in [-0.4, -0.2) is 14.5 Å². The van der Waals surface area contributed by atoms with E-state index in [1.165, 1.54) is 0 Å². The predicted octanol–water partition coefficient (Wildman–Crippen LogP) is 11.3. The number of rotatable bonds is 2. The van der Waals surface area contributed by atoms with Crippen LogP contribution in [0.15, 0.2) is 148 Å². The Morgan fingerprint density at radius 2 is 1.13 bits per heavy atom. The van der Waals surface area contributed by atoms with Crippen molar-refractivity contribution in [2.24, 2.45) is 0 Å². The highest BCUT2D eigenvalue weighted by Crippen LogP contribution is 2.45. The van der Waals surface area contributed by atoms with E-state index in [4.69, 9.17) is 18.8 Å². The van der Waals surface area contributed by atoms with Crippen LogP contribution >= 0.6 is 0 Å². The quantitative estimate of drug-likeness (QED) is 0.198. The maximum atomic E-state index is 6.90. The van der Waals surface area contributed by atoms with E-state index in [9.17, 15) is 0 Å². The Labute approximate surface area is 266 Å². The van der Waals surface area contributed by atoms with Gasteiger partial charge in [0.1, 0.15) is 22.3 Å². The van der Waals surface area contributed by atoms with Gasteiger partial charge in [-0.25, -0.2) is 9.97 Å². The van der Waals surface area contributed by atoms with Gasteiger partial charge < -0.3 is 8.83 Å². The maximum Gasteiger partial charge on any atom is 0.235 e. The largest absolute Gasteiger partial charge is 0.456 e. The lowest BCUT2D eigenvalue weighted by Crippen LogP contribution is -2.03. The summed E-state index contributed by atoms with van der Waals surface area (Å²) in [6.45, 7) is 0. The SMILES string of the molecule is c1ccc(-c2nc(-n3c4ccccc4c4ccc5c(oc6ccc7ccc8oc9ccccc9c8c7c65)c43)nc3ccccc23)cc1. The van der Waals surface area contributed by atoms with Gasteiger partial charge in [0.2, 0.25) is 5.95 Å². The van der Waals surface area contributed by atoms with E-state index in [2.05, 4.69) is 114 Å². The molecule has 218 valence electrons. The van der Waals surface area contributed by atoms with Crippen LogP contribution in [0.25, 0.3) is 105 Å². The third-order valence-electron chi connectivity index (χ3n) is 9.60. The number of fused-ring (bicyclic) bond motifs is 14. The molecule has 0 aliphatic carbocycles. The summed E-state index contributed by atoms with van der Waals surface area (Å²) in [4.78, 5) is 10.5. The van der Waals surface area contributed by atoms with Crippen molar-refractivity contribution in [2.45, 2.75) is 0 Å². The smallest absolute Gasteiger partial charge is 0.235 e. The Morgan fingerprint density at radius 3 is 2.00 bits per heavy atom. The minimum Gasteiger partial charge on any atom is -0.456 e. The van der Waals surface area contributed by atoms with Gasteiger partial charge >= 0.3 is 0 Å². The lowest BCUT2D eigenvalue weighted by atomic mass is 9.98. The van der Waals surface area contributed by atoms with E-state index < -0.39 is 0 Å². The van der Waals surface area contributed by atoms with Crippen molar-refractivity contribution in [1.82, 2.24) is 14.5 Å². The Balaban J connectivity index is 1.32. The molecule has 11 rings (SSSR count). The second kappa shape index (κ2) is 9.05. The molecule has 4 aromatic heterocycles. The fourth-order valence-corrected chi connectivity index (χ4v) is 7.59. The molecule has 0 spiro atoms. The zero-order valence-electron chi connectivity index (χ0n) is 24.9. The molecule has 0 atom stereocenters. The van der Waals surface area contributed by atoms with Crippen molar-refractivity contribution in [3.8, 4) is 17.2 Å². The average Bonchev–Trinajstić information content (AvgIpc) is 3.81. The minimum absolute atomic E-state index is 0.606. The van der Waals surface area contributed by atoms with E-state index in [0.717, 1.165) is 98.6 Å². The summed E-state index contributed by atoms with van der Waals surface area (Å²) in [6, 6.07) is 48.2. The number of para-hydroxylation sites is 3. The van der Waals surface area contributed by atoms with Crippen LogP contribution in [0.1, 0.15) is 0 Å². The monoisotopic (exact) mass is 601 g/mol. The van der Waals surface area contributed by atoms with E-state index in [1.54, 1.807) is 0 Å². The predicted molar refractivity (Wildman–Crippen MR) is 191 cm³/mol. The summed E-state index contributed by atoms with van der Waals surface area (Å²) in [5.41, 5.74) is 8.20. The number of benzene rings is 7. The van der Waals surface area contributed by atoms with Crippen molar-refractivity contribution in [1.29, 1.82) is 0 Å². The lowest BCUT2D eigenvalue weighted by Gasteiger charge is -2.11. The molecule has 5 nitrogen and oxygen atoms in total. The van der Waals surface area contributed by atoms with Crippen LogP contribution in [0, 0.1) is 0 Å². The van der Waals surface area contributed by atoms with Gasteiger partial charge in [-0.3, -0.25) is 4.57 Å². The number of nitrogens with zero attached hydrogens (tertiary/aromatic N) is 3. The molecular weight excluding hydrogens is 578 g/mol. The zero-order chi connectivity index (χ0) is 30.6. The molecule has 0 amide bonds. The molecular formula is C42H23N3O2. The molecule has 0 aliphatic rings. The molecule has 0 aliphatic heterocycles. The first kappa shape index (κ1) is 24.8. The Morgan fingerprint density at radius 1 is 0.447 bits per heavy atom. The molecule has 0 N–H and O–H groups in total. The molecule has 11 aromatic rings. The second-order valence-electron chi connectivity index (χ2n) is 12.1. The Kier molecular flexibility index (Phi) is 4.78. The van der Waals surface area contributed by atoms with Crippen LogP contribution in [-0.2, 0) is 0 Å². The highest BCUT2D eigenvalue weighted by molar-refractivity contribution is 6.33. The van der Waals surface area contributed by atoms with Gasteiger partial charge in [0, 0.05) is 48.7 Å². The minimum atomic E-state index is 0.606. The summed E-state index contributed by atoms with van der Waals surface area (Å²) < 4.78 is 15.4. The zero-order valence-corrected chi connectivity index (χ0v) is 24.9. The van der Waals surface area contributed by atoms with Gasteiger partial charge in [-0.15, -0.1) is 0 Å². The summed E-state index contributed by atoms with van der Waals surface area (Å²) in [5, 5.41) is 9.84. The highest BCUT2D eigenvalue weighted by Gasteiger charge is 2.23. The molecule has 0 unspecified atom stereocenters. The van der Waals surface area contributed by atoms with Crippen LogP contribution in [0.3, 0.4) is 0 Å². The molecule has 0 saturated carbocycles. The Hall–Kier alpha value is -6.46. The molecule has 0 radical (unpaired) electrons. The summed E-state index contributed by atoms with van der Waals surface area (Å²) in [7, 11) is 0. The molecule has 5 heteroatoms. The topological polar surface area (TPSA) is 57.0 Å². The van der Waals surface area contributed by atoms with Gasteiger partial charge in [-0.2, -0.15) is 0 Å². The molecule has 0 fully saturated rings. The van der Waals surface area contributed by atoms with Gasteiger partial charge in [-0.1, -0.05) is 103 Å². The Bertz CT molecular complexity index is 3070. The van der Waals surface area contributed by atoms with Crippen LogP contribution < -0.4 is 0 Å². The van der Waals surface area contributed by atoms with Crippen molar-refractivity contribution >= 4 is 87.4 Å². The molecule has 0 saturated heterocycles. The summed E-state index contributed by atoms with van der Waals surface area (Å²) >= 11 is 0. The molecule has 0 bridgehead atoms. The first-order valence-corrected chi connectivity index (χ1v) is 15.8. The number of hydrogen-bond donors (Lipinski definition) is 0. The van der Waals surface area contributed by atoms with Crippen LogP contribution in [0.4, 0.5) is 0 Å². The number of furan rings is 2. The van der Waals surface area contributed by atoms with Gasteiger partial charge in [0.25, 0.3) is 0 Å². The van der Waals surface area contributed by atoms with Crippen molar-refractivity contribution < 1.29 is 8.83 Å². The van der Waals surface area contributed by atoms with Crippen molar-refractivity contribution in [3.05, 3.63) is 140 Å². The molecule has 4 heterocycles. The highest BCUT2D eigenvalue weighted by atomic mass is 16.3. The van der Waals surface area contributed by atoms with E-state index in [1.807, 2.05) is 30.3 Å². The van der Waals surface area contributed by atoms with Gasteiger partial charge in [-0.05, 0) is 41.8 Å². The van der Waals surface area contributed by atoms with E-state index in [-0.39, 0.29) is 0 Å². The fraction of sp³-hybridized carbons (Fsp3) is 0. The fourth-order valence-electron chi connectivity index (χ4n) is 7.59. The molecule has 47 heavy (non-hydrogen) atoms. The third-order valence-corrected chi connectivity index (χ3v) is 9.60. The first-order valence-electron chi connectivity index (χ1n) is 15.8. The van der Waals surface area contributed by atoms with Gasteiger partial charge in [0.15, 0.2) is 5.58 Å². The van der Waals surface area contributed by atoms with E-state index >= 15 is 0 Å². The lowest BCUT2D eigenvalue weighted by molar-refractivity contribution is 0.669. The van der Waals surface area contributed by atoms with Crippen LogP contribution in [0.2, 0.25) is 0 Å². The second-order valence-corrected chi connectivity index (χ2v) is 12.1. The van der Waals surface area contributed by atoms with Crippen molar-refractivity contribution in [2.75, 3.05) is 0 Å².